The molecule has 1 aliphatic rings. The highest BCUT2D eigenvalue weighted by atomic mass is 16.2. The Balaban J connectivity index is 2.26. The molecule has 3 N–H and O–H groups in total. The predicted molar refractivity (Wildman–Crippen MR) is 85.7 cm³/mol. The van der Waals surface area contributed by atoms with Crippen molar-refractivity contribution in [2.24, 2.45) is 11.7 Å². The lowest BCUT2D eigenvalue weighted by molar-refractivity contribution is -0.126. The number of amides is 1. The van der Waals surface area contributed by atoms with Crippen molar-refractivity contribution in [1.29, 1.82) is 0 Å². The van der Waals surface area contributed by atoms with Gasteiger partial charge in [0.25, 0.3) is 0 Å². The van der Waals surface area contributed by atoms with Crippen LogP contribution in [0.25, 0.3) is 0 Å². The van der Waals surface area contributed by atoms with Gasteiger partial charge in [-0.15, -0.1) is 0 Å². The van der Waals surface area contributed by atoms with Crippen molar-refractivity contribution in [2.75, 3.05) is 6.54 Å². The first-order chi connectivity index (χ1) is 9.99. The number of carbonyl (C=O) groups is 2. The minimum atomic E-state index is -0.532. The highest BCUT2D eigenvalue weighted by Crippen LogP contribution is 2.11. The molecule has 0 saturated heterocycles. The van der Waals surface area contributed by atoms with Gasteiger partial charge in [0.2, 0.25) is 5.91 Å². The Labute approximate surface area is 127 Å². The van der Waals surface area contributed by atoms with Gasteiger partial charge in [0.05, 0.1) is 12.6 Å². The van der Waals surface area contributed by atoms with Gasteiger partial charge in [-0.25, -0.2) is 0 Å². The molecule has 116 valence electrons. The number of Topliss-reactive ketones (excluding diaryl/α,β-unsaturated/α-hetero) is 1. The third kappa shape index (κ3) is 7.61. The molecular formula is C17H26N2O2. The Morgan fingerprint density at radius 2 is 2.10 bits per heavy atom. The lowest BCUT2D eigenvalue weighted by Crippen LogP contribution is -2.43. The second-order valence-electron chi connectivity index (χ2n) is 5.80. The number of allylic oxidation sites excluding steroid dienone is 6. The van der Waals surface area contributed by atoms with E-state index in [2.05, 4.69) is 17.5 Å². The molecule has 1 aliphatic carbocycles. The fourth-order valence-electron chi connectivity index (χ4n) is 2.09. The molecule has 0 saturated carbocycles. The maximum atomic E-state index is 11.8. The largest absolute Gasteiger partial charge is 0.348 e. The van der Waals surface area contributed by atoms with Crippen LogP contribution >= 0.6 is 0 Å². The summed E-state index contributed by atoms with van der Waals surface area (Å²) in [5, 5.41) is 2.62. The van der Waals surface area contributed by atoms with Crippen LogP contribution in [0.5, 0.6) is 0 Å². The average Bonchev–Trinajstić information content (AvgIpc) is 2.70. The molecule has 1 atom stereocenters. The summed E-state index contributed by atoms with van der Waals surface area (Å²) >= 11 is 0. The highest BCUT2D eigenvalue weighted by Gasteiger charge is 2.15. The van der Waals surface area contributed by atoms with Crippen LogP contribution in [0.2, 0.25) is 0 Å². The van der Waals surface area contributed by atoms with E-state index in [0.717, 1.165) is 12.0 Å². The van der Waals surface area contributed by atoms with Crippen LogP contribution in [-0.2, 0) is 9.59 Å². The maximum absolute atomic E-state index is 11.8. The van der Waals surface area contributed by atoms with E-state index < -0.39 is 6.04 Å². The van der Waals surface area contributed by atoms with Crippen molar-refractivity contribution < 1.29 is 9.59 Å². The number of hydrogen-bond donors (Lipinski definition) is 2. The first-order valence-electron chi connectivity index (χ1n) is 7.56. The smallest absolute Gasteiger partial charge is 0.237 e. The van der Waals surface area contributed by atoms with Crippen molar-refractivity contribution >= 4 is 11.7 Å². The van der Waals surface area contributed by atoms with E-state index in [1.54, 1.807) is 0 Å². The zero-order valence-corrected chi connectivity index (χ0v) is 13.0. The molecule has 0 aromatic heterocycles. The summed E-state index contributed by atoms with van der Waals surface area (Å²) in [5.41, 5.74) is 6.90. The number of nitrogens with two attached hydrogens (primary N) is 1. The SMILES string of the molecule is CC(C)CC(N)C(=O)NCC(=O)CCC1=CC=CCC=C1. The molecule has 0 spiro atoms. The summed E-state index contributed by atoms with van der Waals surface area (Å²) < 4.78 is 0. The van der Waals surface area contributed by atoms with Gasteiger partial charge in [0.1, 0.15) is 0 Å². The number of ketones is 1. The van der Waals surface area contributed by atoms with Crippen molar-refractivity contribution in [3.05, 3.63) is 36.0 Å². The van der Waals surface area contributed by atoms with Crippen LogP contribution in [0, 0.1) is 5.92 Å². The van der Waals surface area contributed by atoms with Crippen molar-refractivity contribution in [3.63, 3.8) is 0 Å². The topological polar surface area (TPSA) is 72.2 Å². The monoisotopic (exact) mass is 290 g/mol. The summed E-state index contributed by atoms with van der Waals surface area (Å²) in [5.74, 6) is 0.152. The zero-order valence-electron chi connectivity index (χ0n) is 13.0. The van der Waals surface area contributed by atoms with Crippen LogP contribution < -0.4 is 11.1 Å². The van der Waals surface area contributed by atoms with Crippen LogP contribution in [0.4, 0.5) is 0 Å². The molecule has 21 heavy (non-hydrogen) atoms. The summed E-state index contributed by atoms with van der Waals surface area (Å²) in [6, 6.07) is -0.532. The zero-order chi connectivity index (χ0) is 15.7. The van der Waals surface area contributed by atoms with Crippen LogP contribution in [0.1, 0.15) is 39.5 Å². The molecule has 0 aromatic rings. The quantitative estimate of drug-likeness (QED) is 0.720. The first-order valence-corrected chi connectivity index (χ1v) is 7.56. The minimum Gasteiger partial charge on any atom is -0.348 e. The van der Waals surface area contributed by atoms with Gasteiger partial charge in [0, 0.05) is 6.42 Å². The van der Waals surface area contributed by atoms with Gasteiger partial charge in [0.15, 0.2) is 5.78 Å². The highest BCUT2D eigenvalue weighted by molar-refractivity contribution is 5.88. The molecule has 0 bridgehead atoms. The predicted octanol–water partition coefficient (Wildman–Crippen LogP) is 2.27. The Kier molecular flexibility index (Phi) is 7.69. The Bertz CT molecular complexity index is 448. The third-order valence-electron chi connectivity index (χ3n) is 3.26. The molecular weight excluding hydrogens is 264 g/mol. The van der Waals surface area contributed by atoms with E-state index in [9.17, 15) is 9.59 Å². The lowest BCUT2D eigenvalue weighted by Gasteiger charge is -2.13. The first kappa shape index (κ1) is 17.4. The Hall–Kier alpha value is -1.68. The molecule has 0 fully saturated rings. The van der Waals surface area contributed by atoms with E-state index in [1.165, 1.54) is 0 Å². The molecule has 0 heterocycles. The number of carbonyl (C=O) groups excluding carboxylic acids is 2. The van der Waals surface area contributed by atoms with Gasteiger partial charge in [-0.2, -0.15) is 0 Å². The lowest BCUT2D eigenvalue weighted by atomic mass is 10.0. The maximum Gasteiger partial charge on any atom is 0.237 e. The van der Waals surface area contributed by atoms with E-state index in [1.807, 2.05) is 32.1 Å². The molecule has 0 radical (unpaired) electrons. The van der Waals surface area contributed by atoms with Crippen LogP contribution in [-0.4, -0.2) is 24.3 Å². The Morgan fingerprint density at radius 1 is 1.33 bits per heavy atom. The number of hydrogen-bond acceptors (Lipinski definition) is 3. The molecule has 4 heteroatoms. The molecule has 4 nitrogen and oxygen atoms in total. The van der Waals surface area contributed by atoms with E-state index in [0.29, 0.717) is 25.2 Å². The summed E-state index contributed by atoms with van der Waals surface area (Å²) in [6.45, 7) is 4.10. The van der Waals surface area contributed by atoms with Gasteiger partial charge in [-0.05, 0) is 30.8 Å². The minimum absolute atomic E-state index is 0.0302. The third-order valence-corrected chi connectivity index (χ3v) is 3.26. The molecule has 0 aromatic carbocycles. The summed E-state index contributed by atoms with van der Waals surface area (Å²) in [7, 11) is 0. The number of rotatable bonds is 8. The van der Waals surface area contributed by atoms with Gasteiger partial charge in [-0.1, -0.05) is 44.2 Å². The second kappa shape index (κ2) is 9.29. The molecule has 1 unspecified atom stereocenters. The van der Waals surface area contributed by atoms with Crippen LogP contribution in [0.3, 0.4) is 0 Å². The average molecular weight is 290 g/mol. The summed E-state index contributed by atoms with van der Waals surface area (Å²) in [4.78, 5) is 23.5. The fourth-order valence-corrected chi connectivity index (χ4v) is 2.09. The molecule has 1 rings (SSSR count). The summed E-state index contributed by atoms with van der Waals surface area (Å²) in [6.07, 6.45) is 12.9. The van der Waals surface area contributed by atoms with E-state index in [-0.39, 0.29) is 18.2 Å². The van der Waals surface area contributed by atoms with Crippen LogP contribution in [0.15, 0.2) is 36.0 Å². The van der Waals surface area contributed by atoms with Crippen molar-refractivity contribution in [3.8, 4) is 0 Å². The van der Waals surface area contributed by atoms with Crippen molar-refractivity contribution in [1.82, 2.24) is 5.32 Å². The van der Waals surface area contributed by atoms with E-state index in [4.69, 9.17) is 5.73 Å². The molecule has 1 amide bonds. The number of nitrogens with one attached hydrogen (secondary N) is 1. The van der Waals surface area contributed by atoms with Gasteiger partial charge in [-0.3, -0.25) is 9.59 Å². The fraction of sp³-hybridized carbons (Fsp3) is 0.529. The van der Waals surface area contributed by atoms with Crippen molar-refractivity contribution in [2.45, 2.75) is 45.6 Å². The second-order valence-corrected chi connectivity index (χ2v) is 5.80. The van der Waals surface area contributed by atoms with Gasteiger partial charge < -0.3 is 11.1 Å². The Morgan fingerprint density at radius 3 is 2.81 bits per heavy atom. The van der Waals surface area contributed by atoms with Gasteiger partial charge >= 0.3 is 0 Å². The molecule has 0 aliphatic heterocycles. The normalized spacial score (nSPS) is 15.5. The standard InChI is InChI=1S/C17H26N2O2/c1-13(2)11-16(18)17(21)19-12-15(20)10-9-14-7-5-3-4-6-8-14/h3,5-8,13,16H,4,9-12,18H2,1-2H3,(H,19,21). The van der Waals surface area contributed by atoms with E-state index >= 15 is 0 Å².